The molecule has 124 valence electrons. The highest BCUT2D eigenvalue weighted by atomic mass is 19.4. The Balaban J connectivity index is 1.99. The average molecular weight is 327 g/mol. The highest BCUT2D eigenvalue weighted by molar-refractivity contribution is 5.92. The molecule has 2 rings (SSSR count). The highest BCUT2D eigenvalue weighted by Gasteiger charge is 2.32. The van der Waals surface area contributed by atoms with E-state index in [9.17, 15) is 18.0 Å². The Labute approximate surface area is 131 Å². The van der Waals surface area contributed by atoms with Gasteiger partial charge in [0.15, 0.2) is 5.75 Å². The van der Waals surface area contributed by atoms with E-state index in [2.05, 4.69) is 15.2 Å². The van der Waals surface area contributed by atoms with E-state index in [1.54, 1.807) is 4.68 Å². The molecule has 1 heterocycles. The van der Waals surface area contributed by atoms with E-state index >= 15 is 0 Å². The predicted molar refractivity (Wildman–Crippen MR) is 78.1 cm³/mol. The van der Waals surface area contributed by atoms with Crippen molar-refractivity contribution in [1.29, 1.82) is 0 Å². The number of carbonyl (C=O) groups excluding carboxylic acids is 1. The number of aromatic nitrogens is 2. The van der Waals surface area contributed by atoms with E-state index in [-0.39, 0.29) is 12.1 Å². The van der Waals surface area contributed by atoms with Gasteiger partial charge in [0.05, 0.1) is 11.4 Å². The van der Waals surface area contributed by atoms with Crippen molar-refractivity contribution in [3.63, 3.8) is 0 Å². The maximum absolute atomic E-state index is 12.3. The first-order valence-electron chi connectivity index (χ1n) is 6.90. The molecule has 1 aromatic carbocycles. The Kier molecular flexibility index (Phi) is 4.92. The summed E-state index contributed by atoms with van der Waals surface area (Å²) in [5.41, 5.74) is 1.73. The summed E-state index contributed by atoms with van der Waals surface area (Å²) in [6, 6.07) is 7.28. The molecular weight excluding hydrogens is 311 g/mol. The van der Waals surface area contributed by atoms with Gasteiger partial charge in [-0.05, 0) is 32.0 Å². The van der Waals surface area contributed by atoms with E-state index in [0.717, 1.165) is 17.5 Å². The molecule has 2 aromatic rings. The minimum atomic E-state index is -4.81. The van der Waals surface area contributed by atoms with Crippen molar-refractivity contribution in [2.45, 2.75) is 33.2 Å². The van der Waals surface area contributed by atoms with Crippen molar-refractivity contribution in [3.05, 3.63) is 41.7 Å². The molecule has 23 heavy (non-hydrogen) atoms. The van der Waals surface area contributed by atoms with E-state index < -0.39 is 18.0 Å². The summed E-state index contributed by atoms with van der Waals surface area (Å²) in [7, 11) is 0. The minimum absolute atomic E-state index is 0.0248. The second-order valence-corrected chi connectivity index (χ2v) is 4.99. The molecule has 0 bridgehead atoms. The Morgan fingerprint density at radius 1 is 1.30 bits per heavy atom. The second kappa shape index (κ2) is 6.72. The molecule has 0 unspecified atom stereocenters. The van der Waals surface area contributed by atoms with Crippen molar-refractivity contribution in [2.75, 3.05) is 5.32 Å². The average Bonchev–Trinajstić information content (AvgIpc) is 2.75. The van der Waals surface area contributed by atoms with Gasteiger partial charge in [-0.3, -0.25) is 9.48 Å². The summed E-state index contributed by atoms with van der Waals surface area (Å²) in [4.78, 5) is 11.9. The van der Waals surface area contributed by atoms with Crippen LogP contribution in [0.4, 0.5) is 18.9 Å². The van der Waals surface area contributed by atoms with Crippen molar-refractivity contribution >= 4 is 11.6 Å². The van der Waals surface area contributed by atoms with Crippen molar-refractivity contribution in [3.8, 4) is 5.75 Å². The fourth-order valence-electron chi connectivity index (χ4n) is 2.11. The molecule has 1 aromatic heterocycles. The lowest BCUT2D eigenvalue weighted by molar-refractivity contribution is -0.274. The zero-order valence-corrected chi connectivity index (χ0v) is 12.6. The van der Waals surface area contributed by atoms with Crippen LogP contribution in [0.25, 0.3) is 0 Å². The van der Waals surface area contributed by atoms with Gasteiger partial charge in [0.1, 0.15) is 0 Å². The SMILES string of the molecule is Cc1cc(C)n(CCC(=O)Nc2ccccc2OC(F)(F)F)n1. The van der Waals surface area contributed by atoms with Gasteiger partial charge in [-0.15, -0.1) is 13.2 Å². The molecule has 1 N–H and O–H groups in total. The van der Waals surface area contributed by atoms with E-state index in [0.29, 0.717) is 6.54 Å². The van der Waals surface area contributed by atoms with Gasteiger partial charge in [-0.2, -0.15) is 5.10 Å². The number of anilines is 1. The van der Waals surface area contributed by atoms with E-state index in [1.165, 1.54) is 18.2 Å². The number of hydrogen-bond donors (Lipinski definition) is 1. The number of para-hydroxylation sites is 2. The number of nitrogens with one attached hydrogen (secondary N) is 1. The molecule has 0 spiro atoms. The number of rotatable bonds is 5. The first-order chi connectivity index (χ1) is 10.7. The van der Waals surface area contributed by atoms with Gasteiger partial charge in [-0.1, -0.05) is 12.1 Å². The molecule has 0 radical (unpaired) electrons. The number of ether oxygens (including phenoxy) is 1. The quantitative estimate of drug-likeness (QED) is 0.915. The number of halogens is 3. The first kappa shape index (κ1) is 16.9. The maximum Gasteiger partial charge on any atom is 0.573 e. The lowest BCUT2D eigenvalue weighted by Gasteiger charge is -2.14. The summed E-state index contributed by atoms with van der Waals surface area (Å²) in [6.07, 6.45) is -4.73. The normalized spacial score (nSPS) is 11.3. The maximum atomic E-state index is 12.3. The molecule has 0 aliphatic carbocycles. The van der Waals surface area contributed by atoms with Crippen LogP contribution in [-0.4, -0.2) is 22.1 Å². The molecule has 8 heteroatoms. The minimum Gasteiger partial charge on any atom is -0.404 e. The molecular formula is C15H16F3N3O2. The van der Waals surface area contributed by atoms with E-state index in [1.807, 2.05) is 19.9 Å². The van der Waals surface area contributed by atoms with Crippen LogP contribution in [0.2, 0.25) is 0 Å². The largest absolute Gasteiger partial charge is 0.573 e. The van der Waals surface area contributed by atoms with Gasteiger partial charge in [0, 0.05) is 18.7 Å². The number of hydrogen-bond acceptors (Lipinski definition) is 3. The number of carbonyl (C=O) groups is 1. The Bertz CT molecular complexity index is 696. The van der Waals surface area contributed by atoms with E-state index in [4.69, 9.17) is 0 Å². The van der Waals surface area contributed by atoms with Crippen LogP contribution in [0.1, 0.15) is 17.8 Å². The summed E-state index contributed by atoms with van der Waals surface area (Å²) < 4.78 is 42.5. The molecule has 1 amide bonds. The van der Waals surface area contributed by atoms with Gasteiger partial charge >= 0.3 is 6.36 Å². The Morgan fingerprint density at radius 3 is 2.61 bits per heavy atom. The standard InChI is InChI=1S/C15H16F3N3O2/c1-10-9-11(2)21(20-10)8-7-14(22)19-12-5-3-4-6-13(12)23-15(16,17)18/h3-6,9H,7-8H2,1-2H3,(H,19,22). The summed E-state index contributed by atoms with van der Waals surface area (Å²) in [5.74, 6) is -0.866. The summed E-state index contributed by atoms with van der Waals surface area (Å²) in [6.45, 7) is 4.05. The Hall–Kier alpha value is -2.51. The number of benzene rings is 1. The lowest BCUT2D eigenvalue weighted by Crippen LogP contribution is -2.20. The third-order valence-corrected chi connectivity index (χ3v) is 3.04. The monoisotopic (exact) mass is 327 g/mol. The third-order valence-electron chi connectivity index (χ3n) is 3.04. The number of aryl methyl sites for hydroxylation is 3. The van der Waals surface area contributed by atoms with Crippen LogP contribution < -0.4 is 10.1 Å². The zero-order chi connectivity index (χ0) is 17.0. The van der Waals surface area contributed by atoms with Crippen LogP contribution in [0, 0.1) is 13.8 Å². The van der Waals surface area contributed by atoms with Gasteiger partial charge in [0.2, 0.25) is 5.91 Å². The van der Waals surface area contributed by atoms with Crippen LogP contribution >= 0.6 is 0 Å². The smallest absolute Gasteiger partial charge is 0.404 e. The van der Waals surface area contributed by atoms with Crippen LogP contribution in [0.5, 0.6) is 5.75 Å². The van der Waals surface area contributed by atoms with Crippen molar-refractivity contribution in [2.24, 2.45) is 0 Å². The summed E-state index contributed by atoms with van der Waals surface area (Å²) in [5, 5.41) is 6.64. The van der Waals surface area contributed by atoms with Crippen LogP contribution in [0.3, 0.4) is 0 Å². The fraction of sp³-hybridized carbons (Fsp3) is 0.333. The highest BCUT2D eigenvalue weighted by Crippen LogP contribution is 2.29. The molecule has 5 nitrogen and oxygen atoms in total. The van der Waals surface area contributed by atoms with Crippen LogP contribution in [0.15, 0.2) is 30.3 Å². The fourth-order valence-corrected chi connectivity index (χ4v) is 2.11. The zero-order valence-electron chi connectivity index (χ0n) is 12.6. The summed E-state index contributed by atoms with van der Waals surface area (Å²) >= 11 is 0. The molecule has 0 fully saturated rings. The molecule has 0 saturated heterocycles. The molecule has 0 atom stereocenters. The molecule has 0 aliphatic rings. The first-order valence-corrected chi connectivity index (χ1v) is 6.90. The lowest BCUT2D eigenvalue weighted by atomic mass is 10.2. The van der Waals surface area contributed by atoms with Crippen LogP contribution in [-0.2, 0) is 11.3 Å². The molecule has 0 saturated carbocycles. The van der Waals surface area contributed by atoms with Gasteiger partial charge in [0.25, 0.3) is 0 Å². The topological polar surface area (TPSA) is 56.2 Å². The number of alkyl halides is 3. The third kappa shape index (κ3) is 5.01. The van der Waals surface area contributed by atoms with Crippen molar-refractivity contribution < 1.29 is 22.7 Å². The molecule has 0 aliphatic heterocycles. The Morgan fingerprint density at radius 2 is 2.00 bits per heavy atom. The van der Waals surface area contributed by atoms with Gasteiger partial charge in [-0.25, -0.2) is 0 Å². The number of nitrogens with zero attached hydrogens (tertiary/aromatic N) is 2. The van der Waals surface area contributed by atoms with Crippen molar-refractivity contribution in [1.82, 2.24) is 9.78 Å². The second-order valence-electron chi connectivity index (χ2n) is 4.99. The predicted octanol–water partition coefficient (Wildman–Crippen LogP) is 3.43. The number of amides is 1. The van der Waals surface area contributed by atoms with Gasteiger partial charge < -0.3 is 10.1 Å².